The van der Waals surface area contributed by atoms with Gasteiger partial charge in [-0.2, -0.15) is 0 Å². The first kappa shape index (κ1) is 14.3. The highest BCUT2D eigenvalue weighted by Crippen LogP contribution is 2.36. The summed E-state index contributed by atoms with van der Waals surface area (Å²) in [6, 6.07) is 10.7. The Labute approximate surface area is 133 Å². The maximum absolute atomic E-state index is 11.5. The third kappa shape index (κ3) is 2.70. The van der Waals surface area contributed by atoms with Gasteiger partial charge in [-0.15, -0.1) is 0 Å². The fourth-order valence-electron chi connectivity index (χ4n) is 3.81. The molecule has 6 nitrogen and oxygen atoms in total. The topological polar surface area (TPSA) is 72.2 Å². The smallest absolute Gasteiger partial charge is 0.327 e. The molecule has 23 heavy (non-hydrogen) atoms. The molecule has 0 bridgehead atoms. The summed E-state index contributed by atoms with van der Waals surface area (Å²) in [5, 5.41) is 0. The predicted molar refractivity (Wildman–Crippen MR) is 89.0 cm³/mol. The van der Waals surface area contributed by atoms with Crippen LogP contribution in [0.3, 0.4) is 0 Å². The van der Waals surface area contributed by atoms with Gasteiger partial charge >= 0.3 is 5.69 Å². The Morgan fingerprint density at radius 3 is 2.57 bits per heavy atom. The summed E-state index contributed by atoms with van der Waals surface area (Å²) < 4.78 is 0. The monoisotopic (exact) mass is 312 g/mol. The third-order valence-corrected chi connectivity index (χ3v) is 4.94. The number of nitrogens with zero attached hydrogens (tertiary/aromatic N) is 2. The molecule has 4 rings (SSSR count). The van der Waals surface area contributed by atoms with Crippen molar-refractivity contribution >= 4 is 5.82 Å². The lowest BCUT2D eigenvalue weighted by Crippen LogP contribution is -2.48. The van der Waals surface area contributed by atoms with E-state index in [2.05, 4.69) is 44.0 Å². The van der Waals surface area contributed by atoms with Crippen molar-refractivity contribution in [2.24, 2.45) is 0 Å². The summed E-state index contributed by atoms with van der Waals surface area (Å²) in [6.45, 7) is 3.51. The number of aromatic amines is 2. The minimum Gasteiger partial charge on any atom is -0.355 e. The third-order valence-electron chi connectivity index (χ3n) is 4.94. The molecule has 1 aromatic carbocycles. The molecule has 1 fully saturated rings. The standard InChI is InChI=1S/C17H20N4O2/c22-16-11-15(18-17(23)19-16)21-9-7-20(8-10-21)14-6-5-12-3-1-2-4-13(12)14/h1-4,11,14H,5-10H2,(H2,18,19,22,23). The Morgan fingerprint density at radius 1 is 1.00 bits per heavy atom. The molecule has 1 aromatic heterocycles. The van der Waals surface area contributed by atoms with Crippen LogP contribution in [0.5, 0.6) is 0 Å². The van der Waals surface area contributed by atoms with Gasteiger partial charge in [-0.25, -0.2) is 4.79 Å². The molecule has 0 amide bonds. The first-order chi connectivity index (χ1) is 11.2. The first-order valence-corrected chi connectivity index (χ1v) is 8.11. The summed E-state index contributed by atoms with van der Waals surface area (Å²) in [5.74, 6) is 0.616. The number of H-pyrrole nitrogens is 2. The Morgan fingerprint density at radius 2 is 1.78 bits per heavy atom. The predicted octanol–water partition coefficient (Wildman–Crippen LogP) is 0.873. The van der Waals surface area contributed by atoms with Crippen molar-refractivity contribution in [1.29, 1.82) is 0 Å². The summed E-state index contributed by atoms with van der Waals surface area (Å²) in [4.78, 5) is 32.4. The molecule has 1 unspecified atom stereocenters. The average Bonchev–Trinajstić information content (AvgIpc) is 2.98. The second kappa shape index (κ2) is 5.70. The number of aryl methyl sites for hydroxylation is 1. The second-order valence-electron chi connectivity index (χ2n) is 6.25. The molecule has 2 aliphatic rings. The molecular formula is C17H20N4O2. The maximum Gasteiger partial charge on any atom is 0.327 e. The largest absolute Gasteiger partial charge is 0.355 e. The van der Waals surface area contributed by atoms with Crippen LogP contribution in [0.25, 0.3) is 0 Å². The zero-order valence-corrected chi connectivity index (χ0v) is 12.9. The zero-order chi connectivity index (χ0) is 15.8. The normalized spacial score (nSPS) is 21.4. The number of fused-ring (bicyclic) bond motifs is 1. The molecule has 1 aliphatic carbocycles. The lowest BCUT2D eigenvalue weighted by molar-refractivity contribution is 0.185. The molecule has 0 radical (unpaired) electrons. The number of rotatable bonds is 2. The van der Waals surface area contributed by atoms with E-state index in [4.69, 9.17) is 0 Å². The zero-order valence-electron chi connectivity index (χ0n) is 12.9. The van der Waals surface area contributed by atoms with E-state index in [0.717, 1.165) is 32.6 Å². The van der Waals surface area contributed by atoms with Crippen LogP contribution in [0.2, 0.25) is 0 Å². The first-order valence-electron chi connectivity index (χ1n) is 8.11. The number of hydrogen-bond donors (Lipinski definition) is 2. The lowest BCUT2D eigenvalue weighted by Gasteiger charge is -2.39. The van der Waals surface area contributed by atoms with E-state index < -0.39 is 5.69 Å². The van der Waals surface area contributed by atoms with Gasteiger partial charge in [0, 0.05) is 38.3 Å². The van der Waals surface area contributed by atoms with Crippen molar-refractivity contribution in [3.63, 3.8) is 0 Å². The molecule has 2 aromatic rings. The SMILES string of the molecule is O=c1cc(N2CCN(C3CCc4ccccc43)CC2)[nH]c(=O)[nH]1. The number of anilines is 1. The minimum atomic E-state index is -0.445. The van der Waals surface area contributed by atoms with Crippen molar-refractivity contribution in [2.75, 3.05) is 31.1 Å². The number of benzene rings is 1. The van der Waals surface area contributed by atoms with E-state index in [0.29, 0.717) is 11.9 Å². The van der Waals surface area contributed by atoms with Crippen LogP contribution >= 0.6 is 0 Å². The molecule has 1 aliphatic heterocycles. The van der Waals surface area contributed by atoms with Gasteiger partial charge in [-0.3, -0.25) is 19.7 Å². The maximum atomic E-state index is 11.5. The molecule has 0 spiro atoms. The number of hydrogen-bond acceptors (Lipinski definition) is 4. The van der Waals surface area contributed by atoms with Crippen LogP contribution in [-0.4, -0.2) is 41.0 Å². The number of nitrogens with one attached hydrogen (secondary N) is 2. The van der Waals surface area contributed by atoms with Gasteiger partial charge < -0.3 is 4.90 Å². The molecule has 120 valence electrons. The van der Waals surface area contributed by atoms with Crippen molar-refractivity contribution in [3.05, 3.63) is 62.3 Å². The van der Waals surface area contributed by atoms with E-state index in [1.165, 1.54) is 23.6 Å². The molecule has 2 heterocycles. The summed E-state index contributed by atoms with van der Waals surface area (Å²) >= 11 is 0. The van der Waals surface area contributed by atoms with Crippen LogP contribution < -0.4 is 16.1 Å². The number of piperazine rings is 1. The van der Waals surface area contributed by atoms with Crippen molar-refractivity contribution in [2.45, 2.75) is 18.9 Å². The Bertz CT molecular complexity index is 789. The van der Waals surface area contributed by atoms with Gasteiger partial charge in [-0.1, -0.05) is 24.3 Å². The van der Waals surface area contributed by atoms with E-state index in [1.807, 2.05) is 0 Å². The Balaban J connectivity index is 1.48. The summed E-state index contributed by atoms with van der Waals surface area (Å²) in [5.41, 5.74) is 2.14. The van der Waals surface area contributed by atoms with Crippen LogP contribution in [0.15, 0.2) is 39.9 Å². The van der Waals surface area contributed by atoms with Gasteiger partial charge in [0.2, 0.25) is 0 Å². The minimum absolute atomic E-state index is 0.351. The van der Waals surface area contributed by atoms with Gasteiger partial charge in [-0.05, 0) is 24.0 Å². The molecule has 2 N–H and O–H groups in total. The van der Waals surface area contributed by atoms with Gasteiger partial charge in [0.05, 0.1) is 0 Å². The Hall–Kier alpha value is -2.34. The van der Waals surface area contributed by atoms with E-state index >= 15 is 0 Å². The van der Waals surface area contributed by atoms with Gasteiger partial charge in [0.15, 0.2) is 0 Å². The van der Waals surface area contributed by atoms with Gasteiger partial charge in [0.1, 0.15) is 5.82 Å². The molecule has 1 saturated heterocycles. The van der Waals surface area contributed by atoms with Gasteiger partial charge in [0.25, 0.3) is 5.56 Å². The van der Waals surface area contributed by atoms with Crippen molar-refractivity contribution < 1.29 is 0 Å². The molecule has 6 heteroatoms. The summed E-state index contributed by atoms with van der Waals surface area (Å²) in [6.07, 6.45) is 2.34. The van der Waals surface area contributed by atoms with Crippen molar-refractivity contribution in [3.8, 4) is 0 Å². The molecule has 0 saturated carbocycles. The number of aromatic nitrogens is 2. The highest BCUT2D eigenvalue weighted by molar-refractivity contribution is 5.38. The highest BCUT2D eigenvalue weighted by Gasteiger charge is 2.30. The van der Waals surface area contributed by atoms with Crippen molar-refractivity contribution in [1.82, 2.24) is 14.9 Å². The average molecular weight is 312 g/mol. The van der Waals surface area contributed by atoms with E-state index in [9.17, 15) is 9.59 Å². The van der Waals surface area contributed by atoms with E-state index in [1.54, 1.807) is 0 Å². The van der Waals surface area contributed by atoms with Crippen LogP contribution in [-0.2, 0) is 6.42 Å². The summed E-state index contributed by atoms with van der Waals surface area (Å²) in [7, 11) is 0. The van der Waals surface area contributed by atoms with Crippen LogP contribution in [0, 0.1) is 0 Å². The molecular weight excluding hydrogens is 292 g/mol. The highest BCUT2D eigenvalue weighted by atomic mass is 16.2. The molecule has 1 atom stereocenters. The second-order valence-corrected chi connectivity index (χ2v) is 6.25. The van der Waals surface area contributed by atoms with Crippen LogP contribution in [0.4, 0.5) is 5.82 Å². The Kier molecular flexibility index (Phi) is 3.53. The van der Waals surface area contributed by atoms with E-state index in [-0.39, 0.29) is 5.56 Å². The lowest BCUT2D eigenvalue weighted by atomic mass is 10.1. The van der Waals surface area contributed by atoms with Crippen LogP contribution in [0.1, 0.15) is 23.6 Å². The quantitative estimate of drug-likeness (QED) is 0.863. The fraction of sp³-hybridized carbons (Fsp3) is 0.412. The fourth-order valence-corrected chi connectivity index (χ4v) is 3.81.